The highest BCUT2D eigenvalue weighted by Crippen LogP contribution is 2.37. The number of nitrogens with zero attached hydrogens (tertiary/aromatic N) is 3. The Labute approximate surface area is 241 Å². The molecule has 2 amide bonds. The maximum Gasteiger partial charge on any atom is 0.425 e. The number of aryl methyl sites for hydroxylation is 1. The Morgan fingerprint density at radius 2 is 1.81 bits per heavy atom. The molecule has 2 saturated heterocycles. The van der Waals surface area contributed by atoms with Crippen molar-refractivity contribution >= 4 is 28.6 Å². The topological polar surface area (TPSA) is 109 Å². The van der Waals surface area contributed by atoms with Crippen LogP contribution in [-0.2, 0) is 9.47 Å². The van der Waals surface area contributed by atoms with E-state index in [1.807, 2.05) is 36.1 Å². The molecule has 0 radical (unpaired) electrons. The molecule has 13 heteroatoms. The monoisotopic (exact) mass is 589 g/mol. The van der Waals surface area contributed by atoms with Crippen molar-refractivity contribution in [3.8, 4) is 16.9 Å². The van der Waals surface area contributed by atoms with Crippen LogP contribution in [0.15, 0.2) is 30.3 Å². The molecule has 10 nitrogen and oxygen atoms in total. The lowest BCUT2D eigenvalue weighted by Gasteiger charge is -2.37. The first-order chi connectivity index (χ1) is 20.0. The summed E-state index contributed by atoms with van der Waals surface area (Å²) in [4.78, 5) is 28.3. The Bertz CT molecular complexity index is 1450. The molecule has 2 fully saturated rings. The second-order valence-electron chi connectivity index (χ2n) is 10.5. The van der Waals surface area contributed by atoms with Crippen LogP contribution in [0.3, 0.4) is 0 Å². The number of hydrogen-bond acceptors (Lipinski definition) is 7. The number of piperazine rings is 1. The molecule has 5 rings (SSSR count). The van der Waals surface area contributed by atoms with E-state index in [4.69, 9.17) is 9.47 Å². The maximum absolute atomic E-state index is 12.9. The molecule has 2 aromatic carbocycles. The molecule has 1 atom stereocenters. The number of benzene rings is 2. The number of amides is 2. The van der Waals surface area contributed by atoms with Gasteiger partial charge in [-0.05, 0) is 49.2 Å². The lowest BCUT2D eigenvalue weighted by Crippen LogP contribution is -2.50. The third-order valence-electron chi connectivity index (χ3n) is 7.69. The summed E-state index contributed by atoms with van der Waals surface area (Å²) in [7, 11) is 1.55. The van der Waals surface area contributed by atoms with E-state index in [9.17, 15) is 22.8 Å². The molecule has 2 aliphatic heterocycles. The number of aromatic amines is 1. The van der Waals surface area contributed by atoms with E-state index < -0.39 is 18.4 Å². The third-order valence-corrected chi connectivity index (χ3v) is 7.69. The number of aromatic nitrogens is 2. The van der Waals surface area contributed by atoms with Crippen LogP contribution in [0.2, 0.25) is 0 Å². The molecule has 0 bridgehead atoms. The van der Waals surface area contributed by atoms with Crippen molar-refractivity contribution in [1.82, 2.24) is 20.4 Å². The van der Waals surface area contributed by atoms with E-state index in [-0.39, 0.29) is 25.1 Å². The minimum Gasteiger partial charge on any atom is -0.489 e. The van der Waals surface area contributed by atoms with E-state index >= 15 is 0 Å². The lowest BCUT2D eigenvalue weighted by atomic mass is 9.99. The summed E-state index contributed by atoms with van der Waals surface area (Å²) in [5.74, 6) is 0.443. The van der Waals surface area contributed by atoms with Crippen LogP contribution in [-0.4, -0.2) is 91.9 Å². The van der Waals surface area contributed by atoms with E-state index in [1.54, 1.807) is 13.1 Å². The quantitative estimate of drug-likeness (QED) is 0.430. The molecular weight excluding hydrogens is 555 g/mol. The number of H-pyrrole nitrogens is 1. The second kappa shape index (κ2) is 12.1. The normalized spacial score (nSPS) is 17.3. The Morgan fingerprint density at radius 1 is 1.10 bits per heavy atom. The molecule has 0 saturated carbocycles. The van der Waals surface area contributed by atoms with Crippen molar-refractivity contribution in [2.24, 2.45) is 0 Å². The number of hydrogen-bond donors (Lipinski definition) is 2. The zero-order valence-corrected chi connectivity index (χ0v) is 23.7. The van der Waals surface area contributed by atoms with Gasteiger partial charge in [-0.15, -0.1) is 0 Å². The van der Waals surface area contributed by atoms with Gasteiger partial charge in [-0.1, -0.05) is 6.07 Å². The Hall–Kier alpha value is -4.00. The number of carbonyl (C=O) groups is 2. The van der Waals surface area contributed by atoms with Gasteiger partial charge in [-0.3, -0.25) is 9.89 Å². The first-order valence-electron chi connectivity index (χ1n) is 13.9. The fraction of sp³-hybridized carbons (Fsp3) is 0.483. The summed E-state index contributed by atoms with van der Waals surface area (Å²) in [5.41, 5.74) is 4.45. The van der Waals surface area contributed by atoms with Gasteiger partial charge >= 0.3 is 12.3 Å². The molecule has 42 heavy (non-hydrogen) atoms. The van der Waals surface area contributed by atoms with E-state index in [0.717, 1.165) is 53.2 Å². The summed E-state index contributed by atoms with van der Waals surface area (Å²) in [5, 5.41) is 11.0. The number of carbonyl (C=O) groups excluding carboxylic acids is 2. The highest BCUT2D eigenvalue weighted by Gasteiger charge is 2.40. The summed E-state index contributed by atoms with van der Waals surface area (Å²) >= 11 is 0. The van der Waals surface area contributed by atoms with Gasteiger partial charge in [0.05, 0.1) is 41.1 Å². The van der Waals surface area contributed by atoms with Crippen molar-refractivity contribution in [3.05, 3.63) is 41.6 Å². The molecule has 3 aromatic rings. The van der Waals surface area contributed by atoms with Crippen LogP contribution >= 0.6 is 0 Å². The molecule has 2 N–H and O–H groups in total. The Kier molecular flexibility index (Phi) is 8.48. The molecule has 1 unspecified atom stereocenters. The van der Waals surface area contributed by atoms with Crippen LogP contribution in [0.25, 0.3) is 22.0 Å². The number of anilines is 1. The largest absolute Gasteiger partial charge is 0.489 e. The van der Waals surface area contributed by atoms with Crippen LogP contribution in [0.4, 0.5) is 23.7 Å². The molecule has 0 aliphatic carbocycles. The number of fused-ring (bicyclic) bond motifs is 1. The summed E-state index contributed by atoms with van der Waals surface area (Å²) in [6.07, 6.45) is -6.23. The van der Waals surface area contributed by atoms with Gasteiger partial charge in [0.15, 0.2) is 6.10 Å². The van der Waals surface area contributed by atoms with Crippen molar-refractivity contribution < 1.29 is 37.0 Å². The SMILES string of the molecule is CNC(=O)c1ccc(-c2cc(OC3CCOCC3)c3c(C)n[nH]c3c2)cc1N1CCN(C(=O)OC(C)C(F)(F)F)CC1. The molecule has 3 heterocycles. The Morgan fingerprint density at radius 3 is 2.48 bits per heavy atom. The predicted octanol–water partition coefficient (Wildman–Crippen LogP) is 4.67. The predicted molar refractivity (Wildman–Crippen MR) is 150 cm³/mol. The number of alkyl halides is 3. The summed E-state index contributed by atoms with van der Waals surface area (Å²) in [6.45, 7) is 4.91. The fourth-order valence-electron chi connectivity index (χ4n) is 5.23. The average Bonchev–Trinajstić information content (AvgIpc) is 3.37. The smallest absolute Gasteiger partial charge is 0.425 e. The van der Waals surface area contributed by atoms with E-state index in [2.05, 4.69) is 20.3 Å². The highest BCUT2D eigenvalue weighted by molar-refractivity contribution is 6.01. The zero-order chi connectivity index (χ0) is 30.0. The minimum absolute atomic E-state index is 0.0276. The number of rotatable bonds is 6. The van der Waals surface area contributed by atoms with Crippen LogP contribution in [0.5, 0.6) is 5.75 Å². The molecule has 2 aliphatic rings. The first-order valence-corrected chi connectivity index (χ1v) is 13.9. The molecule has 226 valence electrons. The highest BCUT2D eigenvalue weighted by atomic mass is 19.4. The van der Waals surface area contributed by atoms with Crippen LogP contribution in [0.1, 0.15) is 35.8 Å². The Balaban J connectivity index is 1.42. The maximum atomic E-state index is 12.9. The van der Waals surface area contributed by atoms with Crippen molar-refractivity contribution in [2.75, 3.05) is 51.3 Å². The van der Waals surface area contributed by atoms with Crippen molar-refractivity contribution in [2.45, 2.75) is 45.1 Å². The van der Waals surface area contributed by atoms with E-state index in [1.165, 1.54) is 4.90 Å². The molecule has 1 aromatic heterocycles. The van der Waals surface area contributed by atoms with Gasteiger partial charge < -0.3 is 29.3 Å². The van der Waals surface area contributed by atoms with Gasteiger partial charge in [0.1, 0.15) is 11.9 Å². The van der Waals surface area contributed by atoms with Crippen LogP contribution < -0.4 is 15.0 Å². The van der Waals surface area contributed by atoms with Gasteiger partial charge in [-0.25, -0.2) is 4.79 Å². The number of ether oxygens (including phenoxy) is 3. The van der Waals surface area contributed by atoms with Gasteiger partial charge in [0, 0.05) is 46.1 Å². The van der Waals surface area contributed by atoms with Gasteiger partial charge in [-0.2, -0.15) is 18.3 Å². The standard InChI is InChI=1S/C29H34F3N5O5/c1-17-26-23(35-34-17)14-20(16-25(26)42-21-6-12-40-13-7-21)19-4-5-22(27(38)33-3)24(15-19)36-8-10-37(11-9-36)28(39)41-18(2)29(30,31)32/h4-5,14-16,18,21H,6-13H2,1-3H3,(H,33,38)(H,34,35). The lowest BCUT2D eigenvalue weighted by molar-refractivity contribution is -0.199. The first kappa shape index (κ1) is 29.5. The van der Waals surface area contributed by atoms with Gasteiger partial charge in [0.2, 0.25) is 0 Å². The fourth-order valence-corrected chi connectivity index (χ4v) is 5.23. The zero-order valence-electron chi connectivity index (χ0n) is 23.7. The van der Waals surface area contributed by atoms with Gasteiger partial charge in [0.25, 0.3) is 5.91 Å². The van der Waals surface area contributed by atoms with E-state index in [0.29, 0.717) is 37.6 Å². The number of halogens is 3. The third kappa shape index (κ3) is 6.25. The summed E-state index contributed by atoms with van der Waals surface area (Å²) < 4.78 is 55.1. The van der Waals surface area contributed by atoms with Crippen LogP contribution in [0, 0.1) is 6.92 Å². The summed E-state index contributed by atoms with van der Waals surface area (Å²) in [6, 6.07) is 9.49. The van der Waals surface area contributed by atoms with Crippen molar-refractivity contribution in [1.29, 1.82) is 0 Å². The molecular formula is C29H34F3N5O5. The second-order valence-corrected chi connectivity index (χ2v) is 10.5. The average molecular weight is 590 g/mol. The molecule has 0 spiro atoms. The van der Waals surface area contributed by atoms with Crippen molar-refractivity contribution in [3.63, 3.8) is 0 Å². The number of nitrogens with one attached hydrogen (secondary N) is 2. The minimum atomic E-state index is -4.63.